The molecule has 0 aliphatic carbocycles. The van der Waals surface area contributed by atoms with Gasteiger partial charge in [-0.15, -0.1) is 10.2 Å². The highest BCUT2D eigenvalue weighted by atomic mass is 35.5. The Bertz CT molecular complexity index is 1170. The minimum atomic E-state index is -0.384. The number of nitrogens with one attached hydrogen (secondary N) is 2. The summed E-state index contributed by atoms with van der Waals surface area (Å²) < 4.78 is 1.93. The van der Waals surface area contributed by atoms with E-state index in [1.54, 1.807) is 12.1 Å². The molecule has 0 fully saturated rings. The summed E-state index contributed by atoms with van der Waals surface area (Å²) in [5, 5.41) is 16.1. The highest BCUT2D eigenvalue weighted by Gasteiger charge is 2.26. The molecule has 0 unspecified atom stereocenters. The molecule has 3 aromatic rings. The minimum absolute atomic E-state index is 0.0455. The molecule has 0 saturated heterocycles. The second-order valence-electron chi connectivity index (χ2n) is 8.40. The van der Waals surface area contributed by atoms with Gasteiger partial charge in [0.2, 0.25) is 5.91 Å². The molecule has 0 saturated carbocycles. The lowest BCUT2D eigenvalue weighted by Crippen LogP contribution is -2.34. The Balaban J connectivity index is 1.69. The van der Waals surface area contributed by atoms with Gasteiger partial charge >= 0.3 is 0 Å². The molecule has 35 heavy (non-hydrogen) atoms. The number of thioether (sulfide) groups is 1. The number of carbonyl (C=O) groups is 2. The number of halogens is 2. The Labute approximate surface area is 220 Å². The van der Waals surface area contributed by atoms with E-state index in [9.17, 15) is 9.59 Å². The van der Waals surface area contributed by atoms with E-state index in [0.29, 0.717) is 33.1 Å². The van der Waals surface area contributed by atoms with Crippen LogP contribution in [0, 0.1) is 5.92 Å². The van der Waals surface area contributed by atoms with Crippen molar-refractivity contribution in [2.24, 2.45) is 5.92 Å². The second-order valence-corrected chi connectivity index (χ2v) is 10.2. The van der Waals surface area contributed by atoms with Crippen molar-refractivity contribution in [3.05, 3.63) is 75.5 Å². The molecule has 1 heterocycles. The fraction of sp³-hybridized carbons (Fsp3) is 0.360. The maximum atomic E-state index is 12.9. The summed E-state index contributed by atoms with van der Waals surface area (Å²) in [6.07, 6.45) is 0. The van der Waals surface area contributed by atoms with Gasteiger partial charge in [0.15, 0.2) is 11.0 Å². The topological polar surface area (TPSA) is 88.9 Å². The number of hydrogen-bond donors (Lipinski definition) is 2. The zero-order chi connectivity index (χ0) is 25.5. The molecule has 10 heteroatoms. The van der Waals surface area contributed by atoms with Gasteiger partial charge in [0.1, 0.15) is 0 Å². The Hall–Kier alpha value is -2.55. The molecule has 0 bridgehead atoms. The van der Waals surface area contributed by atoms with E-state index in [0.717, 1.165) is 5.56 Å². The summed E-state index contributed by atoms with van der Waals surface area (Å²) in [6.45, 7) is 8.53. The van der Waals surface area contributed by atoms with Gasteiger partial charge < -0.3 is 15.2 Å². The Kier molecular flexibility index (Phi) is 9.60. The van der Waals surface area contributed by atoms with E-state index in [-0.39, 0.29) is 35.6 Å². The maximum absolute atomic E-state index is 12.9. The maximum Gasteiger partial charge on any atom is 0.251 e. The summed E-state index contributed by atoms with van der Waals surface area (Å²) in [4.78, 5) is 25.4. The Morgan fingerprint density at radius 2 is 1.71 bits per heavy atom. The van der Waals surface area contributed by atoms with Crippen molar-refractivity contribution in [1.29, 1.82) is 0 Å². The van der Waals surface area contributed by atoms with Crippen molar-refractivity contribution in [2.45, 2.75) is 51.5 Å². The summed E-state index contributed by atoms with van der Waals surface area (Å²) in [5.41, 5.74) is 1.45. The van der Waals surface area contributed by atoms with Gasteiger partial charge in [0, 0.05) is 12.1 Å². The molecule has 0 aliphatic heterocycles. The predicted molar refractivity (Wildman–Crippen MR) is 141 cm³/mol. The van der Waals surface area contributed by atoms with Gasteiger partial charge in [-0.3, -0.25) is 9.59 Å². The summed E-state index contributed by atoms with van der Waals surface area (Å²) in [7, 11) is 0. The van der Waals surface area contributed by atoms with Gasteiger partial charge in [-0.2, -0.15) is 0 Å². The van der Waals surface area contributed by atoms with Gasteiger partial charge in [-0.05, 0) is 43.5 Å². The van der Waals surface area contributed by atoms with E-state index >= 15 is 0 Å². The lowest BCUT2D eigenvalue weighted by Gasteiger charge is -2.22. The van der Waals surface area contributed by atoms with Crippen molar-refractivity contribution in [2.75, 3.05) is 5.75 Å². The van der Waals surface area contributed by atoms with Gasteiger partial charge in [-0.25, -0.2) is 0 Å². The van der Waals surface area contributed by atoms with Gasteiger partial charge in [-0.1, -0.05) is 79.1 Å². The number of nitrogens with zero attached hydrogens (tertiary/aromatic N) is 3. The van der Waals surface area contributed by atoms with Crippen molar-refractivity contribution < 1.29 is 9.59 Å². The molecule has 186 valence electrons. The lowest BCUT2D eigenvalue weighted by molar-refractivity contribution is -0.119. The van der Waals surface area contributed by atoms with Crippen LogP contribution in [0.1, 0.15) is 61.5 Å². The molecular formula is C25H29Cl2N5O2S. The first-order valence-corrected chi connectivity index (χ1v) is 13.1. The quantitative estimate of drug-likeness (QED) is 0.326. The monoisotopic (exact) mass is 533 g/mol. The second kappa shape index (κ2) is 12.4. The van der Waals surface area contributed by atoms with Crippen molar-refractivity contribution in [3.63, 3.8) is 0 Å². The van der Waals surface area contributed by atoms with Crippen molar-refractivity contribution in [3.8, 4) is 0 Å². The molecule has 2 aromatic carbocycles. The first-order valence-electron chi connectivity index (χ1n) is 11.4. The molecule has 3 rings (SSSR count). The standard InChI is InChI=1S/C25H29Cl2N5O2S/c1-5-32-23(22(15(2)3)29-24(34)18-11-12-19(26)20(27)13-18)30-31-25(32)35-14-21(33)28-16(4)17-9-7-6-8-10-17/h6-13,15-16,22H,5,14H2,1-4H3,(H,28,33)(H,29,34)/t16-,22+/m0/s1. The number of aromatic nitrogens is 3. The van der Waals surface area contributed by atoms with Crippen LogP contribution in [0.5, 0.6) is 0 Å². The fourth-order valence-corrected chi connectivity index (χ4v) is 4.68. The smallest absolute Gasteiger partial charge is 0.251 e. The normalized spacial score (nSPS) is 12.9. The number of benzene rings is 2. The SMILES string of the molecule is CCn1c(SCC(=O)N[C@@H](C)c2ccccc2)nnc1[C@H](NC(=O)c1ccc(Cl)c(Cl)c1)C(C)C. The van der Waals surface area contributed by atoms with Gasteiger partial charge in [0.05, 0.1) is 27.9 Å². The first-order chi connectivity index (χ1) is 16.7. The van der Waals surface area contributed by atoms with Crippen LogP contribution < -0.4 is 10.6 Å². The van der Waals surface area contributed by atoms with Crippen LogP contribution in [0.2, 0.25) is 10.0 Å². The molecule has 0 spiro atoms. The lowest BCUT2D eigenvalue weighted by atomic mass is 10.0. The van der Waals surface area contributed by atoms with Crippen LogP contribution in [-0.2, 0) is 11.3 Å². The number of rotatable bonds is 10. The molecule has 2 atom stereocenters. The predicted octanol–water partition coefficient (Wildman–Crippen LogP) is 5.70. The Morgan fingerprint density at radius 3 is 2.34 bits per heavy atom. The van der Waals surface area contributed by atoms with E-state index in [1.807, 2.05) is 62.6 Å². The molecule has 7 nitrogen and oxygen atoms in total. The molecule has 0 radical (unpaired) electrons. The molecule has 2 N–H and O–H groups in total. The fourth-order valence-electron chi connectivity index (χ4n) is 3.56. The summed E-state index contributed by atoms with van der Waals surface area (Å²) >= 11 is 13.4. The van der Waals surface area contributed by atoms with Crippen molar-refractivity contribution in [1.82, 2.24) is 25.4 Å². The minimum Gasteiger partial charge on any atom is -0.349 e. The van der Waals surface area contributed by atoms with E-state index in [1.165, 1.54) is 17.8 Å². The summed E-state index contributed by atoms with van der Waals surface area (Å²) in [6, 6.07) is 14.1. The first kappa shape index (κ1) is 27.0. The number of amides is 2. The van der Waals surface area contributed by atoms with E-state index < -0.39 is 0 Å². The molecule has 0 aliphatic rings. The van der Waals surface area contributed by atoms with E-state index in [2.05, 4.69) is 20.8 Å². The van der Waals surface area contributed by atoms with Crippen LogP contribution >= 0.6 is 35.0 Å². The Morgan fingerprint density at radius 1 is 1.00 bits per heavy atom. The van der Waals surface area contributed by atoms with E-state index in [4.69, 9.17) is 23.2 Å². The number of carbonyl (C=O) groups excluding carboxylic acids is 2. The summed E-state index contributed by atoms with van der Waals surface area (Å²) in [5.74, 6) is 0.515. The highest BCUT2D eigenvalue weighted by Crippen LogP contribution is 2.27. The third kappa shape index (κ3) is 6.99. The van der Waals surface area contributed by atoms with Crippen LogP contribution in [-0.4, -0.2) is 32.3 Å². The van der Waals surface area contributed by atoms with Crippen molar-refractivity contribution >= 4 is 46.8 Å². The van der Waals surface area contributed by atoms with Crippen LogP contribution in [0.3, 0.4) is 0 Å². The average molecular weight is 535 g/mol. The third-order valence-electron chi connectivity index (χ3n) is 5.48. The molecule has 2 amide bonds. The zero-order valence-corrected chi connectivity index (χ0v) is 22.4. The van der Waals surface area contributed by atoms with Crippen LogP contribution in [0.15, 0.2) is 53.7 Å². The molecular weight excluding hydrogens is 505 g/mol. The van der Waals surface area contributed by atoms with Gasteiger partial charge in [0.25, 0.3) is 5.91 Å². The molecule has 1 aromatic heterocycles. The zero-order valence-electron chi connectivity index (χ0n) is 20.1. The van der Waals surface area contributed by atoms with Crippen LogP contribution in [0.25, 0.3) is 0 Å². The third-order valence-corrected chi connectivity index (χ3v) is 7.19. The van der Waals surface area contributed by atoms with Crippen LogP contribution in [0.4, 0.5) is 0 Å². The highest BCUT2D eigenvalue weighted by molar-refractivity contribution is 7.99. The largest absolute Gasteiger partial charge is 0.349 e. The number of hydrogen-bond acceptors (Lipinski definition) is 5. The average Bonchev–Trinajstić information content (AvgIpc) is 3.25.